The molecule has 2 rings (SSSR count). The van der Waals surface area contributed by atoms with Crippen molar-refractivity contribution in [2.24, 2.45) is 0 Å². The first kappa shape index (κ1) is 22.2. The minimum atomic E-state index is -0.531. The summed E-state index contributed by atoms with van der Waals surface area (Å²) in [4.78, 5) is 27.7. The molecule has 1 N–H and O–H groups in total. The molecule has 0 saturated carbocycles. The third-order valence-corrected chi connectivity index (χ3v) is 5.08. The molecule has 0 saturated heterocycles. The van der Waals surface area contributed by atoms with E-state index in [1.165, 1.54) is 0 Å². The number of nitrogens with zero attached hydrogens (tertiary/aromatic N) is 1. The van der Waals surface area contributed by atoms with Crippen LogP contribution in [0.3, 0.4) is 0 Å². The van der Waals surface area contributed by atoms with Crippen LogP contribution in [0.1, 0.15) is 44.2 Å². The molecule has 0 fully saturated rings. The molecule has 0 aromatic heterocycles. The molecule has 150 valence electrons. The highest BCUT2D eigenvalue weighted by atomic mass is 79.9. The average molecular weight is 445 g/mol. The van der Waals surface area contributed by atoms with Gasteiger partial charge in [-0.1, -0.05) is 72.2 Å². The Kier molecular flexibility index (Phi) is 9.21. The highest BCUT2D eigenvalue weighted by molar-refractivity contribution is 9.10. The molecule has 4 nitrogen and oxygen atoms in total. The van der Waals surface area contributed by atoms with E-state index in [2.05, 4.69) is 21.2 Å². The van der Waals surface area contributed by atoms with Crippen molar-refractivity contribution in [2.75, 3.05) is 6.54 Å². The molecule has 28 heavy (non-hydrogen) atoms. The summed E-state index contributed by atoms with van der Waals surface area (Å²) in [7, 11) is 0. The Bertz CT molecular complexity index is 747. The zero-order valence-corrected chi connectivity index (χ0v) is 18.2. The number of benzene rings is 2. The highest BCUT2D eigenvalue weighted by Gasteiger charge is 2.29. The van der Waals surface area contributed by atoms with E-state index in [0.717, 1.165) is 28.4 Å². The van der Waals surface area contributed by atoms with Crippen molar-refractivity contribution in [3.63, 3.8) is 0 Å². The normalized spacial score (nSPS) is 11.7. The van der Waals surface area contributed by atoms with E-state index in [0.29, 0.717) is 25.9 Å². The fourth-order valence-corrected chi connectivity index (χ4v) is 3.33. The van der Waals surface area contributed by atoms with Crippen molar-refractivity contribution in [1.82, 2.24) is 10.2 Å². The molecule has 0 bridgehead atoms. The largest absolute Gasteiger partial charge is 0.354 e. The monoisotopic (exact) mass is 444 g/mol. The van der Waals surface area contributed by atoms with Crippen molar-refractivity contribution < 1.29 is 9.59 Å². The van der Waals surface area contributed by atoms with Gasteiger partial charge in [-0.3, -0.25) is 9.59 Å². The second kappa shape index (κ2) is 11.6. The molecule has 5 heteroatoms. The number of nitrogens with one attached hydrogen (secondary N) is 1. The van der Waals surface area contributed by atoms with E-state index in [1.807, 2.05) is 68.4 Å². The maximum Gasteiger partial charge on any atom is 0.243 e. The van der Waals surface area contributed by atoms with Gasteiger partial charge in [0.2, 0.25) is 11.8 Å². The van der Waals surface area contributed by atoms with Gasteiger partial charge in [-0.05, 0) is 36.1 Å². The van der Waals surface area contributed by atoms with Crippen LogP contribution in [0.15, 0.2) is 59.1 Å². The maximum absolute atomic E-state index is 13.0. The third-order valence-electron chi connectivity index (χ3n) is 4.55. The van der Waals surface area contributed by atoms with Crippen LogP contribution < -0.4 is 5.32 Å². The molecule has 0 aliphatic rings. The van der Waals surface area contributed by atoms with Crippen LogP contribution in [0.4, 0.5) is 0 Å². The van der Waals surface area contributed by atoms with Gasteiger partial charge < -0.3 is 10.2 Å². The van der Waals surface area contributed by atoms with Crippen LogP contribution in [0.5, 0.6) is 0 Å². The topological polar surface area (TPSA) is 49.4 Å². The Hall–Kier alpha value is -2.14. The average Bonchev–Trinajstić information content (AvgIpc) is 2.71. The number of carbonyl (C=O) groups is 2. The second-order valence-corrected chi connectivity index (χ2v) is 7.81. The van der Waals surface area contributed by atoms with Crippen molar-refractivity contribution in [1.29, 1.82) is 0 Å². The van der Waals surface area contributed by atoms with E-state index in [4.69, 9.17) is 0 Å². The summed E-state index contributed by atoms with van der Waals surface area (Å²) < 4.78 is 0.990. The fraction of sp³-hybridized carbons (Fsp3) is 0.391. The number of carbonyl (C=O) groups excluding carboxylic acids is 2. The lowest BCUT2D eigenvalue weighted by atomic mass is 10.0. The van der Waals surface area contributed by atoms with Gasteiger partial charge in [0.15, 0.2) is 0 Å². The first-order chi connectivity index (χ1) is 13.5. The van der Waals surface area contributed by atoms with Crippen molar-refractivity contribution >= 4 is 27.7 Å². The SMILES string of the molecule is CCCNC(=O)C(Cc1ccccc1)N(Cc1ccc(Br)cc1)C(=O)CCC. The van der Waals surface area contributed by atoms with E-state index >= 15 is 0 Å². The molecule has 0 heterocycles. The van der Waals surface area contributed by atoms with Crippen LogP contribution in [0.2, 0.25) is 0 Å². The minimum Gasteiger partial charge on any atom is -0.354 e. The van der Waals surface area contributed by atoms with Crippen LogP contribution in [0.25, 0.3) is 0 Å². The van der Waals surface area contributed by atoms with Gasteiger partial charge in [-0.2, -0.15) is 0 Å². The number of rotatable bonds is 10. The molecular weight excluding hydrogens is 416 g/mol. The van der Waals surface area contributed by atoms with Crippen molar-refractivity contribution in [2.45, 2.75) is 52.1 Å². The Balaban J connectivity index is 2.32. The number of hydrogen-bond acceptors (Lipinski definition) is 2. The first-order valence-corrected chi connectivity index (χ1v) is 10.7. The van der Waals surface area contributed by atoms with Crippen LogP contribution >= 0.6 is 15.9 Å². The minimum absolute atomic E-state index is 0.0120. The van der Waals surface area contributed by atoms with Gasteiger partial charge in [0.05, 0.1) is 0 Å². The van der Waals surface area contributed by atoms with Gasteiger partial charge >= 0.3 is 0 Å². The Morgan fingerprint density at radius 3 is 2.25 bits per heavy atom. The van der Waals surface area contributed by atoms with E-state index in [9.17, 15) is 9.59 Å². The molecule has 2 amide bonds. The fourth-order valence-electron chi connectivity index (χ4n) is 3.06. The summed E-state index contributed by atoms with van der Waals surface area (Å²) in [6, 6.07) is 17.2. The lowest BCUT2D eigenvalue weighted by Gasteiger charge is -2.31. The van der Waals surface area contributed by atoms with Gasteiger partial charge in [0.1, 0.15) is 6.04 Å². The van der Waals surface area contributed by atoms with Crippen molar-refractivity contribution in [3.8, 4) is 0 Å². The smallest absolute Gasteiger partial charge is 0.243 e. The van der Waals surface area contributed by atoms with Gasteiger partial charge in [-0.15, -0.1) is 0 Å². The van der Waals surface area contributed by atoms with E-state index in [1.54, 1.807) is 4.90 Å². The van der Waals surface area contributed by atoms with Gasteiger partial charge in [0.25, 0.3) is 0 Å². The van der Waals surface area contributed by atoms with Crippen molar-refractivity contribution in [3.05, 3.63) is 70.2 Å². The van der Waals surface area contributed by atoms with E-state index in [-0.39, 0.29) is 11.8 Å². The molecule has 1 atom stereocenters. The summed E-state index contributed by atoms with van der Waals surface area (Å²) in [5.41, 5.74) is 2.05. The van der Waals surface area contributed by atoms with E-state index < -0.39 is 6.04 Å². The third kappa shape index (κ3) is 6.79. The van der Waals surface area contributed by atoms with Crippen LogP contribution in [-0.2, 0) is 22.6 Å². The lowest BCUT2D eigenvalue weighted by molar-refractivity contribution is -0.141. The Morgan fingerprint density at radius 1 is 0.964 bits per heavy atom. The molecule has 0 spiro atoms. The molecule has 2 aromatic rings. The predicted octanol–water partition coefficient (Wildman–Crippen LogP) is 4.72. The molecular formula is C23H29BrN2O2. The molecule has 0 aliphatic heterocycles. The second-order valence-electron chi connectivity index (χ2n) is 6.89. The summed E-state index contributed by atoms with van der Waals surface area (Å²) in [5.74, 6) is -0.0785. The number of amides is 2. The molecule has 0 radical (unpaired) electrons. The zero-order valence-electron chi connectivity index (χ0n) is 16.7. The van der Waals surface area contributed by atoms with Crippen LogP contribution in [-0.4, -0.2) is 29.3 Å². The Labute approximate surface area is 176 Å². The van der Waals surface area contributed by atoms with Crippen LogP contribution in [0, 0.1) is 0 Å². The lowest BCUT2D eigenvalue weighted by Crippen LogP contribution is -2.50. The predicted molar refractivity (Wildman–Crippen MR) is 117 cm³/mol. The molecule has 0 aliphatic carbocycles. The Morgan fingerprint density at radius 2 is 1.64 bits per heavy atom. The maximum atomic E-state index is 13.0. The number of halogens is 1. The zero-order chi connectivity index (χ0) is 20.4. The molecule has 1 unspecified atom stereocenters. The standard InChI is InChI=1S/C23H29BrN2O2/c1-3-8-22(27)26(17-19-11-13-20(24)14-12-19)21(23(28)25-15-4-2)16-18-9-6-5-7-10-18/h5-7,9-14,21H,3-4,8,15-17H2,1-2H3,(H,25,28). The summed E-state index contributed by atoms with van der Waals surface area (Å²) >= 11 is 3.45. The summed E-state index contributed by atoms with van der Waals surface area (Å²) in [6.07, 6.45) is 2.55. The summed E-state index contributed by atoms with van der Waals surface area (Å²) in [5, 5.41) is 2.98. The highest BCUT2D eigenvalue weighted by Crippen LogP contribution is 2.18. The van der Waals surface area contributed by atoms with Gasteiger partial charge in [0, 0.05) is 30.4 Å². The van der Waals surface area contributed by atoms with Gasteiger partial charge in [-0.25, -0.2) is 0 Å². The quantitative estimate of drug-likeness (QED) is 0.576. The molecule has 2 aromatic carbocycles. The first-order valence-electron chi connectivity index (χ1n) is 9.90. The number of hydrogen-bond donors (Lipinski definition) is 1. The summed E-state index contributed by atoms with van der Waals surface area (Å²) in [6.45, 7) is 5.04.